The minimum Gasteiger partial charge on any atom is -0.569 e. The summed E-state index contributed by atoms with van der Waals surface area (Å²) in [6, 6.07) is 11.2. The fraction of sp³-hybridized carbons (Fsp3) is 0.393. The molecule has 1 N–H and O–H groups in total. The number of nitrogens with zero attached hydrogens (tertiary/aromatic N) is 5. The lowest BCUT2D eigenvalue weighted by Gasteiger charge is -2.19. The van der Waals surface area contributed by atoms with Crippen LogP contribution in [0.25, 0.3) is 16.9 Å². The molecule has 13 nitrogen and oxygen atoms in total. The number of sulfonamides is 1. The molecular formula is C28H31F3N6O7S. The smallest absolute Gasteiger partial charge is 0.435 e. The fourth-order valence-electron chi connectivity index (χ4n) is 4.31. The largest absolute Gasteiger partial charge is 0.569 e. The summed E-state index contributed by atoms with van der Waals surface area (Å²) in [5, 5.41) is 20.3. The Balaban J connectivity index is 1.48. The van der Waals surface area contributed by atoms with Gasteiger partial charge in [0.25, 0.3) is 22.7 Å². The standard InChI is InChI=1S/C28H31F3N6O7S/c1-18-7-9-19(10-8-18)23-16-24(28(29,30)31)32-36(23)20-11-13-21(14-12-20)45(41,42)33-25(38)22-6-5-15-35(22)37(40)34-44-17-43-26(39)27(2,3)4/h7-14,16,22H,5-6,15,17H2,1-4H3,(H,33,38)/b37-34+/t22-/m0/s1. The van der Waals surface area contributed by atoms with Crippen molar-refractivity contribution in [3.63, 3.8) is 0 Å². The number of aryl methyl sites for hydroxylation is 1. The zero-order valence-corrected chi connectivity index (χ0v) is 25.6. The summed E-state index contributed by atoms with van der Waals surface area (Å²) < 4.78 is 74.4. The average Bonchev–Trinajstić information content (AvgIpc) is 3.63. The van der Waals surface area contributed by atoms with Crippen molar-refractivity contribution in [2.24, 2.45) is 10.7 Å². The van der Waals surface area contributed by atoms with E-state index in [9.17, 15) is 36.4 Å². The third kappa shape index (κ3) is 7.89. The number of rotatable bonds is 9. The highest BCUT2D eigenvalue weighted by atomic mass is 32.2. The van der Waals surface area contributed by atoms with E-state index in [4.69, 9.17) is 9.57 Å². The maximum absolute atomic E-state index is 13.5. The van der Waals surface area contributed by atoms with Crippen LogP contribution < -0.4 is 4.72 Å². The van der Waals surface area contributed by atoms with Crippen LogP contribution in [0.1, 0.15) is 44.9 Å². The molecule has 0 spiro atoms. The Morgan fingerprint density at radius 1 is 1.11 bits per heavy atom. The lowest BCUT2D eigenvalue weighted by Crippen LogP contribution is -2.47. The van der Waals surface area contributed by atoms with Gasteiger partial charge in [0.2, 0.25) is 5.28 Å². The van der Waals surface area contributed by atoms with Gasteiger partial charge in [0.1, 0.15) is 0 Å². The van der Waals surface area contributed by atoms with E-state index < -0.39 is 52.0 Å². The van der Waals surface area contributed by atoms with E-state index in [2.05, 4.69) is 10.4 Å². The molecule has 242 valence electrons. The number of hydrogen-bond donors (Lipinski definition) is 1. The lowest BCUT2D eigenvalue weighted by molar-refractivity contribution is -0.712. The van der Waals surface area contributed by atoms with Crippen molar-refractivity contribution >= 4 is 21.9 Å². The van der Waals surface area contributed by atoms with Gasteiger partial charge in [-0.3, -0.25) is 9.59 Å². The Bertz CT molecular complexity index is 1680. The second-order valence-electron chi connectivity index (χ2n) is 11.2. The van der Waals surface area contributed by atoms with Gasteiger partial charge in [-0.2, -0.15) is 18.3 Å². The van der Waals surface area contributed by atoms with Gasteiger partial charge in [-0.15, -0.1) is 5.01 Å². The molecule has 0 aliphatic carbocycles. The van der Waals surface area contributed by atoms with E-state index in [0.29, 0.717) is 12.0 Å². The van der Waals surface area contributed by atoms with Crippen LogP contribution in [0.4, 0.5) is 13.2 Å². The molecule has 1 atom stereocenters. The number of carbonyl (C=O) groups is 2. The number of carbonyl (C=O) groups excluding carboxylic acids is 2. The van der Waals surface area contributed by atoms with Gasteiger partial charge in [0, 0.05) is 5.56 Å². The zero-order chi connectivity index (χ0) is 33.2. The summed E-state index contributed by atoms with van der Waals surface area (Å²) in [5.41, 5.74) is -0.280. The molecule has 4 rings (SSSR count). The van der Waals surface area contributed by atoms with E-state index >= 15 is 0 Å². The van der Waals surface area contributed by atoms with Crippen LogP contribution in [0.3, 0.4) is 0 Å². The number of hydrazine groups is 1. The van der Waals surface area contributed by atoms with Gasteiger partial charge in [0.15, 0.2) is 11.7 Å². The normalized spacial score (nSPS) is 16.0. The van der Waals surface area contributed by atoms with E-state index in [1.807, 2.05) is 11.6 Å². The number of hydrogen-bond acceptors (Lipinski definition) is 9. The molecule has 0 radical (unpaired) electrons. The summed E-state index contributed by atoms with van der Waals surface area (Å²) in [6.07, 6.45) is -4.21. The summed E-state index contributed by atoms with van der Waals surface area (Å²) in [7, 11) is -4.45. The molecule has 1 aliphatic rings. The van der Waals surface area contributed by atoms with Gasteiger partial charge in [0.05, 0.1) is 33.2 Å². The Kier molecular flexibility index (Phi) is 9.41. The van der Waals surface area contributed by atoms with Crippen molar-refractivity contribution in [3.8, 4) is 16.9 Å². The average molecular weight is 653 g/mol. The molecule has 1 amide bonds. The summed E-state index contributed by atoms with van der Waals surface area (Å²) in [5.74, 6) is -1.59. The van der Waals surface area contributed by atoms with E-state index in [1.165, 1.54) is 12.1 Å². The van der Waals surface area contributed by atoms with Crippen molar-refractivity contribution in [2.75, 3.05) is 13.3 Å². The molecule has 45 heavy (non-hydrogen) atoms. The Morgan fingerprint density at radius 3 is 2.36 bits per heavy atom. The number of aromatic nitrogens is 2. The quantitative estimate of drug-likeness (QED) is 0.0878. The highest BCUT2D eigenvalue weighted by molar-refractivity contribution is 7.90. The zero-order valence-electron chi connectivity index (χ0n) is 24.7. The summed E-state index contributed by atoms with van der Waals surface area (Å²) in [6.45, 7) is 6.12. The van der Waals surface area contributed by atoms with Gasteiger partial charge in [-0.1, -0.05) is 29.8 Å². The minimum absolute atomic E-state index is 0.0193. The number of nitrogens with one attached hydrogen (secondary N) is 1. The predicted molar refractivity (Wildman–Crippen MR) is 151 cm³/mol. The molecular weight excluding hydrogens is 621 g/mol. The number of esters is 1. The molecule has 2 aromatic carbocycles. The Morgan fingerprint density at radius 2 is 1.76 bits per heavy atom. The minimum atomic E-state index is -4.72. The van der Waals surface area contributed by atoms with Crippen LogP contribution in [0.2, 0.25) is 0 Å². The molecule has 0 saturated carbocycles. The van der Waals surface area contributed by atoms with Crippen molar-refractivity contribution in [1.82, 2.24) is 19.5 Å². The third-order valence-corrected chi connectivity index (χ3v) is 8.07. The molecule has 0 bridgehead atoms. The molecule has 0 unspecified atom stereocenters. The predicted octanol–water partition coefficient (Wildman–Crippen LogP) is 4.49. The Hall–Kier alpha value is -4.67. The van der Waals surface area contributed by atoms with Crippen molar-refractivity contribution in [2.45, 2.75) is 57.7 Å². The van der Waals surface area contributed by atoms with Gasteiger partial charge in [-0.05, 0) is 70.9 Å². The molecule has 2 heterocycles. The second-order valence-corrected chi connectivity index (χ2v) is 12.9. The lowest BCUT2D eigenvalue weighted by atomic mass is 9.98. The van der Waals surface area contributed by atoms with Crippen molar-refractivity contribution < 1.29 is 45.7 Å². The number of halogens is 3. The third-order valence-electron chi connectivity index (χ3n) is 6.70. The topological polar surface area (TPSA) is 158 Å². The first kappa shape index (κ1) is 33.2. The SMILES string of the molecule is Cc1ccc(-c2cc(C(F)(F)F)nn2-c2ccc(S(=O)(=O)NC(=O)[C@@H]3CCCN3/[N+]([O-])=N\OCOC(=O)C(C)(C)C)cc2)cc1. The second kappa shape index (κ2) is 12.7. The molecule has 1 aliphatic heterocycles. The Labute approximate surface area is 256 Å². The molecule has 17 heteroatoms. The molecule has 3 aromatic rings. The maximum Gasteiger partial charge on any atom is 0.435 e. The monoisotopic (exact) mass is 652 g/mol. The number of ether oxygens (including phenoxy) is 1. The highest BCUT2D eigenvalue weighted by Crippen LogP contribution is 2.33. The number of benzene rings is 2. The summed E-state index contributed by atoms with van der Waals surface area (Å²) in [4.78, 5) is 29.0. The van der Waals surface area contributed by atoms with E-state index in [1.54, 1.807) is 45.0 Å². The maximum atomic E-state index is 13.5. The number of amides is 1. The van der Waals surface area contributed by atoms with E-state index in [-0.39, 0.29) is 34.2 Å². The number of alkyl halides is 3. The van der Waals surface area contributed by atoms with Crippen LogP contribution in [0.5, 0.6) is 0 Å². The molecule has 1 saturated heterocycles. The van der Waals surface area contributed by atoms with Crippen LogP contribution in [0.15, 0.2) is 64.8 Å². The summed E-state index contributed by atoms with van der Waals surface area (Å²) >= 11 is 0. The van der Waals surface area contributed by atoms with E-state index in [0.717, 1.165) is 33.5 Å². The fourth-order valence-corrected chi connectivity index (χ4v) is 5.32. The highest BCUT2D eigenvalue weighted by Gasteiger charge is 2.39. The molecule has 1 fully saturated rings. The van der Waals surface area contributed by atoms with Crippen LogP contribution in [0, 0.1) is 17.5 Å². The van der Waals surface area contributed by atoms with Crippen LogP contribution in [-0.2, 0) is 35.4 Å². The van der Waals surface area contributed by atoms with Crippen molar-refractivity contribution in [3.05, 3.63) is 71.1 Å². The van der Waals surface area contributed by atoms with Crippen molar-refractivity contribution in [1.29, 1.82) is 0 Å². The van der Waals surface area contributed by atoms with Crippen LogP contribution in [-0.4, -0.2) is 59.4 Å². The van der Waals surface area contributed by atoms with Gasteiger partial charge >= 0.3 is 12.1 Å². The van der Waals surface area contributed by atoms with Gasteiger partial charge < -0.3 is 14.8 Å². The van der Waals surface area contributed by atoms with Gasteiger partial charge in [-0.25, -0.2) is 17.8 Å². The molecule has 1 aromatic heterocycles. The van der Waals surface area contributed by atoms with Crippen LogP contribution >= 0.6 is 0 Å². The first-order valence-corrected chi connectivity index (χ1v) is 15.1. The first-order valence-electron chi connectivity index (χ1n) is 13.6. The first-order chi connectivity index (χ1) is 21.0.